The second kappa shape index (κ2) is 4.94. The van der Waals surface area contributed by atoms with Crippen LogP contribution in [0.15, 0.2) is 28.9 Å². The highest BCUT2D eigenvalue weighted by Crippen LogP contribution is 2.34. The van der Waals surface area contributed by atoms with E-state index in [2.05, 4.69) is 18.8 Å². The molecule has 2 aromatic rings. The summed E-state index contributed by atoms with van der Waals surface area (Å²) in [5, 5.41) is 0. The van der Waals surface area contributed by atoms with Gasteiger partial charge in [-0.25, -0.2) is 0 Å². The SMILES string of the molecule is Cc1oc(C)c(C(N)C(C)c2ccncc2)c1C. The molecule has 3 nitrogen and oxygen atoms in total. The fourth-order valence-corrected chi connectivity index (χ4v) is 2.42. The van der Waals surface area contributed by atoms with Crippen molar-refractivity contribution >= 4 is 0 Å². The quantitative estimate of drug-likeness (QED) is 0.900. The molecule has 2 unspecified atom stereocenters. The molecule has 0 aliphatic rings. The molecule has 2 N–H and O–H groups in total. The highest BCUT2D eigenvalue weighted by atomic mass is 16.3. The Morgan fingerprint density at radius 2 is 1.72 bits per heavy atom. The van der Waals surface area contributed by atoms with Crippen LogP contribution in [0.5, 0.6) is 0 Å². The molecule has 0 fully saturated rings. The number of hydrogen-bond acceptors (Lipinski definition) is 3. The maximum absolute atomic E-state index is 6.41. The first-order chi connectivity index (χ1) is 8.52. The Morgan fingerprint density at radius 3 is 2.22 bits per heavy atom. The molecule has 0 aromatic carbocycles. The zero-order valence-electron chi connectivity index (χ0n) is 11.4. The molecule has 3 heteroatoms. The minimum absolute atomic E-state index is 0.0511. The number of pyridine rings is 1. The number of rotatable bonds is 3. The molecule has 0 aliphatic heterocycles. The molecule has 0 saturated carbocycles. The lowest BCUT2D eigenvalue weighted by atomic mass is 9.88. The number of nitrogens with two attached hydrogens (primary N) is 1. The summed E-state index contributed by atoms with van der Waals surface area (Å²) in [5.74, 6) is 2.13. The summed E-state index contributed by atoms with van der Waals surface area (Å²) >= 11 is 0. The van der Waals surface area contributed by atoms with Gasteiger partial charge in [-0.2, -0.15) is 0 Å². The molecule has 0 spiro atoms. The number of aromatic nitrogens is 1. The summed E-state index contributed by atoms with van der Waals surface area (Å²) < 4.78 is 5.66. The van der Waals surface area contributed by atoms with Crippen molar-refractivity contribution in [1.82, 2.24) is 4.98 Å². The van der Waals surface area contributed by atoms with Gasteiger partial charge in [0.05, 0.1) is 0 Å². The second-order valence-electron chi connectivity index (χ2n) is 4.85. The molecule has 0 amide bonds. The fraction of sp³-hybridized carbons (Fsp3) is 0.400. The Hall–Kier alpha value is -1.61. The molecule has 2 atom stereocenters. The molecule has 2 aromatic heterocycles. The van der Waals surface area contributed by atoms with Crippen molar-refractivity contribution in [3.8, 4) is 0 Å². The predicted octanol–water partition coefficient (Wildman–Crippen LogP) is 3.40. The number of nitrogens with zero attached hydrogens (tertiary/aromatic N) is 1. The Labute approximate surface area is 108 Å². The smallest absolute Gasteiger partial charge is 0.106 e. The van der Waals surface area contributed by atoms with Gasteiger partial charge in [-0.3, -0.25) is 4.98 Å². The van der Waals surface area contributed by atoms with Crippen LogP contribution in [-0.2, 0) is 0 Å². The summed E-state index contributed by atoms with van der Waals surface area (Å²) in [6, 6.07) is 3.98. The van der Waals surface area contributed by atoms with Gasteiger partial charge in [0, 0.05) is 29.9 Å². The van der Waals surface area contributed by atoms with E-state index >= 15 is 0 Å². The van der Waals surface area contributed by atoms with Gasteiger partial charge < -0.3 is 10.2 Å². The van der Waals surface area contributed by atoms with Gasteiger partial charge in [-0.15, -0.1) is 0 Å². The van der Waals surface area contributed by atoms with Crippen molar-refractivity contribution in [2.45, 2.75) is 39.7 Å². The second-order valence-corrected chi connectivity index (χ2v) is 4.85. The van der Waals surface area contributed by atoms with Gasteiger partial charge in [0.25, 0.3) is 0 Å². The van der Waals surface area contributed by atoms with Crippen molar-refractivity contribution in [2.24, 2.45) is 5.73 Å². The molecule has 18 heavy (non-hydrogen) atoms. The first-order valence-electron chi connectivity index (χ1n) is 6.24. The van der Waals surface area contributed by atoms with Gasteiger partial charge in [-0.05, 0) is 44.0 Å². The van der Waals surface area contributed by atoms with Gasteiger partial charge in [0.2, 0.25) is 0 Å². The van der Waals surface area contributed by atoms with Crippen LogP contribution in [0.2, 0.25) is 0 Å². The van der Waals surface area contributed by atoms with E-state index in [0.717, 1.165) is 17.1 Å². The lowest BCUT2D eigenvalue weighted by Crippen LogP contribution is -2.19. The summed E-state index contributed by atoms with van der Waals surface area (Å²) in [7, 11) is 0. The first-order valence-corrected chi connectivity index (χ1v) is 6.24. The fourth-order valence-electron chi connectivity index (χ4n) is 2.42. The predicted molar refractivity (Wildman–Crippen MR) is 72.5 cm³/mol. The van der Waals surface area contributed by atoms with Crippen LogP contribution >= 0.6 is 0 Å². The standard InChI is InChI=1S/C15H20N2O/c1-9-11(3)18-12(4)14(9)15(16)10(2)13-5-7-17-8-6-13/h5-8,10,15H,16H2,1-4H3. The van der Waals surface area contributed by atoms with Crippen LogP contribution < -0.4 is 5.73 Å². The van der Waals surface area contributed by atoms with Crippen molar-refractivity contribution < 1.29 is 4.42 Å². The largest absolute Gasteiger partial charge is 0.466 e. The minimum Gasteiger partial charge on any atom is -0.466 e. The van der Waals surface area contributed by atoms with E-state index in [4.69, 9.17) is 10.2 Å². The third kappa shape index (κ3) is 2.18. The normalized spacial score (nSPS) is 14.5. The van der Waals surface area contributed by atoms with Gasteiger partial charge in [0.15, 0.2) is 0 Å². The van der Waals surface area contributed by atoms with Crippen molar-refractivity contribution in [3.05, 3.63) is 52.7 Å². The highest BCUT2D eigenvalue weighted by Gasteiger charge is 2.23. The topological polar surface area (TPSA) is 52.0 Å². The van der Waals surface area contributed by atoms with Crippen molar-refractivity contribution in [1.29, 1.82) is 0 Å². The molecule has 2 heterocycles. The molecule has 0 aliphatic carbocycles. The molecule has 96 valence electrons. The number of furan rings is 1. The molecule has 0 radical (unpaired) electrons. The molecule has 2 rings (SSSR count). The van der Waals surface area contributed by atoms with Crippen LogP contribution in [0.3, 0.4) is 0 Å². The minimum atomic E-state index is -0.0511. The van der Waals surface area contributed by atoms with E-state index in [0.29, 0.717) is 0 Å². The van der Waals surface area contributed by atoms with Crippen LogP contribution in [0.1, 0.15) is 47.1 Å². The lowest BCUT2D eigenvalue weighted by molar-refractivity contribution is 0.491. The third-order valence-electron chi connectivity index (χ3n) is 3.72. The Kier molecular flexibility index (Phi) is 3.53. The molecular formula is C15H20N2O. The highest BCUT2D eigenvalue weighted by molar-refractivity contribution is 5.36. The zero-order chi connectivity index (χ0) is 13.3. The van der Waals surface area contributed by atoms with Crippen molar-refractivity contribution in [3.63, 3.8) is 0 Å². The maximum Gasteiger partial charge on any atom is 0.106 e. The molecular weight excluding hydrogens is 224 g/mol. The van der Waals surface area contributed by atoms with Crippen LogP contribution in [0, 0.1) is 20.8 Å². The summed E-state index contributed by atoms with van der Waals surface area (Å²) in [6.07, 6.45) is 3.61. The maximum atomic E-state index is 6.41. The van der Waals surface area contributed by atoms with E-state index in [1.165, 1.54) is 11.1 Å². The first kappa shape index (κ1) is 12.8. The molecule has 0 bridgehead atoms. The van der Waals surface area contributed by atoms with E-state index in [1.807, 2.05) is 26.0 Å². The summed E-state index contributed by atoms with van der Waals surface area (Å²) in [4.78, 5) is 4.04. The van der Waals surface area contributed by atoms with Crippen LogP contribution in [0.4, 0.5) is 0 Å². The Bertz CT molecular complexity index is 531. The van der Waals surface area contributed by atoms with Crippen LogP contribution in [0.25, 0.3) is 0 Å². The zero-order valence-corrected chi connectivity index (χ0v) is 11.4. The van der Waals surface area contributed by atoms with Crippen molar-refractivity contribution in [2.75, 3.05) is 0 Å². The summed E-state index contributed by atoms with van der Waals surface area (Å²) in [5.41, 5.74) is 9.91. The van der Waals surface area contributed by atoms with Crippen LogP contribution in [-0.4, -0.2) is 4.98 Å². The van der Waals surface area contributed by atoms with Gasteiger partial charge >= 0.3 is 0 Å². The Morgan fingerprint density at radius 1 is 1.11 bits per heavy atom. The monoisotopic (exact) mass is 244 g/mol. The third-order valence-corrected chi connectivity index (χ3v) is 3.72. The van der Waals surface area contributed by atoms with Gasteiger partial charge in [-0.1, -0.05) is 6.92 Å². The average Bonchev–Trinajstić information content (AvgIpc) is 2.63. The lowest BCUT2D eigenvalue weighted by Gasteiger charge is -2.20. The summed E-state index contributed by atoms with van der Waals surface area (Å²) in [6.45, 7) is 8.17. The average molecular weight is 244 g/mol. The van der Waals surface area contributed by atoms with E-state index in [1.54, 1.807) is 12.4 Å². The Balaban J connectivity index is 2.34. The molecule has 0 saturated heterocycles. The van der Waals surface area contributed by atoms with E-state index in [-0.39, 0.29) is 12.0 Å². The van der Waals surface area contributed by atoms with E-state index < -0.39 is 0 Å². The number of hydrogen-bond donors (Lipinski definition) is 1. The number of aryl methyl sites for hydroxylation is 2. The van der Waals surface area contributed by atoms with E-state index in [9.17, 15) is 0 Å². The van der Waals surface area contributed by atoms with Gasteiger partial charge in [0.1, 0.15) is 11.5 Å².